The lowest BCUT2D eigenvalue weighted by atomic mass is 10.2. The Morgan fingerprint density at radius 1 is 1.56 bits per heavy atom. The van der Waals surface area contributed by atoms with Crippen LogP contribution in [-0.4, -0.2) is 37.8 Å². The minimum Gasteiger partial charge on any atom is -0.465 e. The minimum absolute atomic E-state index is 0.0951. The van der Waals surface area contributed by atoms with Gasteiger partial charge in [0.2, 0.25) is 0 Å². The second-order valence-corrected chi connectivity index (χ2v) is 3.82. The van der Waals surface area contributed by atoms with Gasteiger partial charge in [-0.2, -0.15) is 0 Å². The number of hydrogen-bond acceptors (Lipinski definition) is 6. The van der Waals surface area contributed by atoms with Crippen LogP contribution in [0.5, 0.6) is 0 Å². The van der Waals surface area contributed by atoms with Crippen LogP contribution >= 0.6 is 0 Å². The summed E-state index contributed by atoms with van der Waals surface area (Å²) < 4.78 is 9.73. The van der Waals surface area contributed by atoms with Crippen LogP contribution in [0, 0.1) is 0 Å². The highest BCUT2D eigenvalue weighted by atomic mass is 16.5. The van der Waals surface area contributed by atoms with E-state index in [-0.39, 0.29) is 6.04 Å². The van der Waals surface area contributed by atoms with Crippen molar-refractivity contribution in [1.82, 2.24) is 4.98 Å². The zero-order valence-electron chi connectivity index (χ0n) is 10.9. The van der Waals surface area contributed by atoms with E-state index in [0.717, 1.165) is 6.42 Å². The van der Waals surface area contributed by atoms with E-state index in [1.807, 2.05) is 6.92 Å². The van der Waals surface area contributed by atoms with Crippen LogP contribution < -0.4 is 11.1 Å². The van der Waals surface area contributed by atoms with Gasteiger partial charge in [-0.25, -0.2) is 9.78 Å². The molecule has 0 radical (unpaired) electrons. The summed E-state index contributed by atoms with van der Waals surface area (Å²) in [6.45, 7) is 2.57. The smallest absolute Gasteiger partial charge is 0.340 e. The highest BCUT2D eigenvalue weighted by molar-refractivity contribution is 5.97. The van der Waals surface area contributed by atoms with Gasteiger partial charge in [0.25, 0.3) is 0 Å². The van der Waals surface area contributed by atoms with E-state index >= 15 is 0 Å². The van der Waals surface area contributed by atoms with Crippen LogP contribution in [0.1, 0.15) is 23.7 Å². The van der Waals surface area contributed by atoms with Crippen LogP contribution in [-0.2, 0) is 9.47 Å². The van der Waals surface area contributed by atoms with Crippen molar-refractivity contribution in [3.05, 3.63) is 17.8 Å². The van der Waals surface area contributed by atoms with E-state index in [4.69, 9.17) is 10.5 Å². The van der Waals surface area contributed by atoms with E-state index in [0.29, 0.717) is 23.7 Å². The van der Waals surface area contributed by atoms with E-state index < -0.39 is 5.97 Å². The molecule has 3 N–H and O–H groups in total. The Morgan fingerprint density at radius 2 is 2.28 bits per heavy atom. The first-order valence-electron chi connectivity index (χ1n) is 5.72. The van der Waals surface area contributed by atoms with E-state index in [1.54, 1.807) is 7.11 Å². The Bertz CT molecular complexity index is 410. The third-order valence-corrected chi connectivity index (χ3v) is 2.60. The van der Waals surface area contributed by atoms with Crippen molar-refractivity contribution in [2.45, 2.75) is 19.4 Å². The summed E-state index contributed by atoms with van der Waals surface area (Å²) in [5.74, 6) is -0.000426. The molecule has 0 aliphatic heterocycles. The maximum Gasteiger partial charge on any atom is 0.340 e. The van der Waals surface area contributed by atoms with Gasteiger partial charge in [0.15, 0.2) is 0 Å². The summed E-state index contributed by atoms with van der Waals surface area (Å²) in [5, 5.41) is 3.15. The lowest BCUT2D eigenvalue weighted by Gasteiger charge is -2.18. The normalized spacial score (nSPS) is 11.9. The Morgan fingerprint density at radius 3 is 2.83 bits per heavy atom. The van der Waals surface area contributed by atoms with Gasteiger partial charge in [-0.3, -0.25) is 0 Å². The molecule has 6 nitrogen and oxygen atoms in total. The van der Waals surface area contributed by atoms with Gasteiger partial charge < -0.3 is 20.5 Å². The summed E-state index contributed by atoms with van der Waals surface area (Å²) in [6.07, 6.45) is 2.38. The fraction of sp³-hybridized carbons (Fsp3) is 0.500. The van der Waals surface area contributed by atoms with Crippen LogP contribution in [0.15, 0.2) is 12.3 Å². The number of rotatable bonds is 6. The van der Waals surface area contributed by atoms with Crippen molar-refractivity contribution in [3.63, 3.8) is 0 Å². The van der Waals surface area contributed by atoms with Gasteiger partial charge in [-0.1, -0.05) is 6.92 Å². The molecule has 1 heterocycles. The quantitative estimate of drug-likeness (QED) is 0.743. The second kappa shape index (κ2) is 6.80. The number of hydrogen-bond donors (Lipinski definition) is 2. The lowest BCUT2D eigenvalue weighted by molar-refractivity contribution is 0.0602. The summed E-state index contributed by atoms with van der Waals surface area (Å²) >= 11 is 0. The molecule has 1 rings (SSSR count). The number of aromatic nitrogens is 1. The monoisotopic (exact) mass is 253 g/mol. The molecule has 0 saturated heterocycles. The summed E-state index contributed by atoms with van der Waals surface area (Å²) in [5.41, 5.74) is 6.49. The molecule has 1 atom stereocenters. The molecule has 1 aromatic heterocycles. The maximum atomic E-state index is 11.5. The van der Waals surface area contributed by atoms with E-state index in [9.17, 15) is 4.79 Å². The molecule has 0 fully saturated rings. The van der Waals surface area contributed by atoms with Gasteiger partial charge in [0.1, 0.15) is 5.82 Å². The molecule has 0 amide bonds. The average Bonchev–Trinajstić information content (AvgIpc) is 2.39. The number of anilines is 2. The van der Waals surface area contributed by atoms with E-state index in [2.05, 4.69) is 15.0 Å². The van der Waals surface area contributed by atoms with Gasteiger partial charge in [0, 0.05) is 13.3 Å². The van der Waals surface area contributed by atoms with Crippen molar-refractivity contribution in [3.8, 4) is 0 Å². The first-order chi connectivity index (χ1) is 8.63. The second-order valence-electron chi connectivity index (χ2n) is 3.82. The highest BCUT2D eigenvalue weighted by Gasteiger charge is 2.15. The number of nitrogen functional groups attached to an aromatic ring is 1. The number of nitrogens with two attached hydrogens (primary N) is 1. The Kier molecular flexibility index (Phi) is 5.38. The molecule has 0 spiro atoms. The van der Waals surface area contributed by atoms with Crippen molar-refractivity contribution < 1.29 is 14.3 Å². The average molecular weight is 253 g/mol. The molecule has 0 saturated carbocycles. The van der Waals surface area contributed by atoms with Crippen molar-refractivity contribution in [2.75, 3.05) is 31.9 Å². The number of esters is 1. The Balaban J connectivity index is 2.92. The molecule has 0 aromatic carbocycles. The van der Waals surface area contributed by atoms with Crippen molar-refractivity contribution >= 4 is 17.5 Å². The molecular formula is C12H19N3O3. The summed E-state index contributed by atoms with van der Waals surface area (Å²) in [7, 11) is 2.95. The summed E-state index contributed by atoms with van der Waals surface area (Å²) in [6, 6.07) is 1.63. The highest BCUT2D eigenvalue weighted by Crippen LogP contribution is 2.21. The fourth-order valence-electron chi connectivity index (χ4n) is 1.53. The Labute approximate surface area is 106 Å². The summed E-state index contributed by atoms with van der Waals surface area (Å²) in [4.78, 5) is 15.6. The number of ether oxygens (including phenoxy) is 2. The molecule has 0 aliphatic rings. The molecule has 0 aliphatic carbocycles. The topological polar surface area (TPSA) is 86.5 Å². The van der Waals surface area contributed by atoms with Crippen molar-refractivity contribution in [1.29, 1.82) is 0 Å². The number of nitrogens with zero attached hydrogens (tertiary/aromatic N) is 1. The largest absolute Gasteiger partial charge is 0.465 e. The van der Waals surface area contributed by atoms with Gasteiger partial charge in [-0.05, 0) is 12.5 Å². The van der Waals surface area contributed by atoms with Crippen LogP contribution in [0.25, 0.3) is 0 Å². The van der Waals surface area contributed by atoms with Crippen LogP contribution in [0.4, 0.5) is 11.5 Å². The zero-order chi connectivity index (χ0) is 13.5. The van der Waals surface area contributed by atoms with Gasteiger partial charge >= 0.3 is 5.97 Å². The molecule has 0 bridgehead atoms. The standard InChI is InChI=1S/C12H19N3O3/c1-4-8(7-17-2)15-11-10(13)9(5-6-14-11)12(16)18-3/h5-6,8H,4,7,13H2,1-3H3,(H,14,15). The number of carbonyl (C=O) groups is 1. The first-order valence-corrected chi connectivity index (χ1v) is 5.72. The number of pyridine rings is 1. The van der Waals surface area contributed by atoms with Gasteiger partial charge in [0.05, 0.1) is 31.0 Å². The SMILES string of the molecule is CCC(COC)Nc1nccc(C(=O)OC)c1N. The zero-order valence-corrected chi connectivity index (χ0v) is 10.9. The minimum atomic E-state index is -0.474. The van der Waals surface area contributed by atoms with Crippen molar-refractivity contribution in [2.24, 2.45) is 0 Å². The molecule has 100 valence electrons. The molecule has 1 unspecified atom stereocenters. The van der Waals surface area contributed by atoms with Gasteiger partial charge in [-0.15, -0.1) is 0 Å². The Hall–Kier alpha value is -1.82. The number of carbonyl (C=O) groups excluding carboxylic acids is 1. The molecular weight excluding hydrogens is 234 g/mol. The molecule has 18 heavy (non-hydrogen) atoms. The predicted molar refractivity (Wildman–Crippen MR) is 69.6 cm³/mol. The number of nitrogens with one attached hydrogen (secondary N) is 1. The third kappa shape index (κ3) is 3.33. The molecule has 1 aromatic rings. The predicted octanol–water partition coefficient (Wildman–Crippen LogP) is 1.29. The third-order valence-electron chi connectivity index (χ3n) is 2.60. The first kappa shape index (κ1) is 14.2. The van der Waals surface area contributed by atoms with E-state index in [1.165, 1.54) is 19.4 Å². The molecule has 6 heteroatoms. The number of methoxy groups -OCH3 is 2. The fourth-order valence-corrected chi connectivity index (χ4v) is 1.53. The maximum absolute atomic E-state index is 11.5. The lowest BCUT2D eigenvalue weighted by Crippen LogP contribution is -2.25. The van der Waals surface area contributed by atoms with Crippen LogP contribution in [0.3, 0.4) is 0 Å². The van der Waals surface area contributed by atoms with Crippen LogP contribution in [0.2, 0.25) is 0 Å².